The van der Waals surface area contributed by atoms with Crippen LogP contribution < -0.4 is 4.72 Å². The molecule has 6 nitrogen and oxygen atoms in total. The van der Waals surface area contributed by atoms with Crippen LogP contribution in [0.1, 0.15) is 22.5 Å². The van der Waals surface area contributed by atoms with Crippen LogP contribution in [0.3, 0.4) is 0 Å². The van der Waals surface area contributed by atoms with Gasteiger partial charge in [-0.1, -0.05) is 42.5 Å². The van der Waals surface area contributed by atoms with E-state index in [0.29, 0.717) is 23.4 Å². The number of hydrogen-bond donors (Lipinski definition) is 1. The molecule has 0 atom stereocenters. The fraction of sp³-hybridized carbons (Fsp3) is 0.182. The van der Waals surface area contributed by atoms with E-state index >= 15 is 0 Å². The summed E-state index contributed by atoms with van der Waals surface area (Å²) < 4.78 is 30.9. The molecule has 0 aliphatic rings. The molecule has 0 radical (unpaired) electrons. The Morgan fingerprint density at radius 2 is 1.72 bits per heavy atom. The number of aryl methyl sites for hydroxylation is 2. The number of para-hydroxylation sites is 1. The number of fused-ring (bicyclic) bond motifs is 1. The Bertz CT molecular complexity index is 1300. The van der Waals surface area contributed by atoms with Crippen LogP contribution >= 0.6 is 0 Å². The first kappa shape index (κ1) is 19.1. The van der Waals surface area contributed by atoms with E-state index in [2.05, 4.69) is 33.9 Å². The molecule has 0 saturated heterocycles. The Labute approximate surface area is 170 Å². The molecule has 2 heterocycles. The van der Waals surface area contributed by atoms with E-state index in [0.717, 1.165) is 16.6 Å². The molecule has 0 amide bonds. The van der Waals surface area contributed by atoms with Gasteiger partial charge in [-0.25, -0.2) is 8.42 Å². The average molecular weight is 407 g/mol. The molecule has 4 aromatic rings. The van der Waals surface area contributed by atoms with Gasteiger partial charge in [-0.15, -0.1) is 0 Å². The molecule has 2 aromatic carbocycles. The van der Waals surface area contributed by atoms with Crippen LogP contribution in [0.25, 0.3) is 10.9 Å². The van der Waals surface area contributed by atoms with Gasteiger partial charge in [0.1, 0.15) is 4.90 Å². The third kappa shape index (κ3) is 3.61. The maximum absolute atomic E-state index is 13.2. The lowest BCUT2D eigenvalue weighted by Crippen LogP contribution is -2.15. The van der Waals surface area contributed by atoms with Gasteiger partial charge in [0, 0.05) is 11.6 Å². The zero-order valence-electron chi connectivity index (χ0n) is 16.5. The van der Waals surface area contributed by atoms with Crippen molar-refractivity contribution in [2.24, 2.45) is 0 Å². The van der Waals surface area contributed by atoms with E-state index in [1.165, 1.54) is 5.56 Å². The van der Waals surface area contributed by atoms with Crippen molar-refractivity contribution >= 4 is 26.6 Å². The number of nitrogens with one attached hydrogen (secondary N) is 1. The molecule has 0 aliphatic carbocycles. The Morgan fingerprint density at radius 3 is 2.52 bits per heavy atom. The quantitative estimate of drug-likeness (QED) is 0.539. The molecule has 29 heavy (non-hydrogen) atoms. The minimum atomic E-state index is -3.82. The van der Waals surface area contributed by atoms with Gasteiger partial charge in [0.05, 0.1) is 29.1 Å². The largest absolute Gasteiger partial charge is 0.276 e. The highest BCUT2D eigenvalue weighted by Crippen LogP contribution is 2.27. The smallest absolute Gasteiger partial charge is 0.264 e. The van der Waals surface area contributed by atoms with E-state index in [1.54, 1.807) is 31.3 Å². The van der Waals surface area contributed by atoms with Gasteiger partial charge in [-0.05, 0) is 44.0 Å². The van der Waals surface area contributed by atoms with Crippen molar-refractivity contribution in [2.45, 2.75) is 32.2 Å². The molecule has 4 rings (SSSR count). The lowest BCUT2D eigenvalue weighted by Gasteiger charge is -2.11. The highest BCUT2D eigenvalue weighted by molar-refractivity contribution is 7.93. The summed E-state index contributed by atoms with van der Waals surface area (Å²) in [6.45, 7) is 6.31. The van der Waals surface area contributed by atoms with Gasteiger partial charge >= 0.3 is 0 Å². The number of rotatable bonds is 5. The molecule has 148 valence electrons. The fourth-order valence-electron chi connectivity index (χ4n) is 3.43. The summed E-state index contributed by atoms with van der Waals surface area (Å²) in [6, 6.07) is 16.9. The summed E-state index contributed by atoms with van der Waals surface area (Å²) in [5.41, 5.74) is 4.67. The van der Waals surface area contributed by atoms with Gasteiger partial charge in [0.25, 0.3) is 10.0 Å². The molecule has 0 aliphatic heterocycles. The molecule has 0 unspecified atom stereocenters. The molecular formula is C22H22N4O2S. The third-order valence-corrected chi connectivity index (χ3v) is 6.47. The van der Waals surface area contributed by atoms with Gasteiger partial charge < -0.3 is 0 Å². The fourth-order valence-corrected chi connectivity index (χ4v) is 4.79. The van der Waals surface area contributed by atoms with Crippen LogP contribution in [0.15, 0.2) is 65.7 Å². The first-order valence-corrected chi connectivity index (χ1v) is 10.8. The second kappa shape index (κ2) is 7.33. The summed E-state index contributed by atoms with van der Waals surface area (Å²) in [5.74, 6) is 0. The van der Waals surface area contributed by atoms with Crippen LogP contribution in [0.5, 0.6) is 0 Å². The highest BCUT2D eigenvalue weighted by Gasteiger charge is 2.22. The van der Waals surface area contributed by atoms with Crippen LogP contribution in [0.4, 0.5) is 5.69 Å². The lowest BCUT2D eigenvalue weighted by molar-refractivity contribution is 0.601. The summed E-state index contributed by atoms with van der Waals surface area (Å²) >= 11 is 0. The zero-order chi connectivity index (χ0) is 20.6. The Morgan fingerprint density at radius 1 is 0.966 bits per heavy atom. The van der Waals surface area contributed by atoms with Crippen molar-refractivity contribution in [1.82, 2.24) is 14.8 Å². The second-order valence-corrected chi connectivity index (χ2v) is 8.72. The van der Waals surface area contributed by atoms with Gasteiger partial charge in [0.15, 0.2) is 0 Å². The van der Waals surface area contributed by atoms with Crippen LogP contribution in [-0.4, -0.2) is 23.2 Å². The summed E-state index contributed by atoms with van der Waals surface area (Å²) in [4.78, 5) is 4.42. The maximum Gasteiger partial charge on any atom is 0.264 e. The summed E-state index contributed by atoms with van der Waals surface area (Å²) in [5, 5.41) is 5.34. The molecule has 2 aromatic heterocycles. The van der Waals surface area contributed by atoms with Gasteiger partial charge in [0.2, 0.25) is 0 Å². The molecule has 0 spiro atoms. The molecular weight excluding hydrogens is 384 g/mol. The SMILES string of the molecule is Cc1ccccc1Cn1nc(C)c(NS(=O)(=O)c2cccc3cccnc23)c1C. The van der Waals surface area contributed by atoms with E-state index in [4.69, 9.17) is 0 Å². The Balaban J connectivity index is 1.71. The first-order chi connectivity index (χ1) is 13.9. The molecule has 7 heteroatoms. The van der Waals surface area contributed by atoms with Crippen LogP contribution in [-0.2, 0) is 16.6 Å². The second-order valence-electron chi connectivity index (χ2n) is 7.07. The van der Waals surface area contributed by atoms with E-state index < -0.39 is 10.0 Å². The van der Waals surface area contributed by atoms with Crippen LogP contribution in [0, 0.1) is 20.8 Å². The maximum atomic E-state index is 13.2. The molecule has 0 fully saturated rings. The zero-order valence-corrected chi connectivity index (χ0v) is 17.4. The number of hydrogen-bond acceptors (Lipinski definition) is 4. The lowest BCUT2D eigenvalue weighted by atomic mass is 10.1. The summed E-state index contributed by atoms with van der Waals surface area (Å²) in [7, 11) is -3.82. The van der Waals surface area contributed by atoms with E-state index in [1.807, 2.05) is 35.9 Å². The van der Waals surface area contributed by atoms with Crippen LogP contribution in [0.2, 0.25) is 0 Å². The van der Waals surface area contributed by atoms with E-state index in [9.17, 15) is 8.42 Å². The molecule has 1 N–H and O–H groups in total. The Kier molecular flexibility index (Phi) is 4.84. The van der Waals surface area contributed by atoms with Crippen molar-refractivity contribution < 1.29 is 8.42 Å². The molecule has 0 bridgehead atoms. The first-order valence-electron chi connectivity index (χ1n) is 9.32. The topological polar surface area (TPSA) is 76.9 Å². The van der Waals surface area contributed by atoms with Gasteiger partial charge in [-0.3, -0.25) is 14.4 Å². The minimum Gasteiger partial charge on any atom is -0.276 e. The number of nitrogens with zero attached hydrogens (tertiary/aromatic N) is 3. The number of aromatic nitrogens is 3. The number of benzene rings is 2. The highest BCUT2D eigenvalue weighted by atomic mass is 32.2. The summed E-state index contributed by atoms with van der Waals surface area (Å²) in [6.07, 6.45) is 1.60. The number of sulfonamides is 1. The van der Waals surface area contributed by atoms with Crippen molar-refractivity contribution in [3.63, 3.8) is 0 Å². The van der Waals surface area contributed by atoms with Crippen molar-refractivity contribution in [3.05, 3.63) is 83.3 Å². The normalized spacial score (nSPS) is 11.7. The number of anilines is 1. The van der Waals surface area contributed by atoms with E-state index in [-0.39, 0.29) is 4.90 Å². The monoisotopic (exact) mass is 406 g/mol. The Hall–Kier alpha value is -3.19. The van der Waals surface area contributed by atoms with Crippen molar-refractivity contribution in [2.75, 3.05) is 4.72 Å². The van der Waals surface area contributed by atoms with Crippen molar-refractivity contribution in [1.29, 1.82) is 0 Å². The predicted molar refractivity (Wildman–Crippen MR) is 115 cm³/mol. The standard InChI is InChI=1S/C22H22N4O2S/c1-15-8-4-5-9-19(15)14-26-17(3)21(16(2)24-26)25-29(27,28)20-12-6-10-18-11-7-13-23-22(18)20/h4-13,25H,14H2,1-3H3. The van der Waals surface area contributed by atoms with Gasteiger partial charge in [-0.2, -0.15) is 5.10 Å². The third-order valence-electron chi connectivity index (χ3n) is 5.08. The average Bonchev–Trinajstić information content (AvgIpc) is 2.96. The van der Waals surface area contributed by atoms with Crippen molar-refractivity contribution in [3.8, 4) is 0 Å². The number of pyridine rings is 1. The molecule has 0 saturated carbocycles. The predicted octanol–water partition coefficient (Wildman–Crippen LogP) is 4.21. The minimum absolute atomic E-state index is 0.154.